The molecule has 4 nitrogen and oxygen atoms in total. The molecule has 0 amide bonds. The van der Waals surface area contributed by atoms with Gasteiger partial charge in [0.25, 0.3) is 0 Å². The Bertz CT molecular complexity index is 728. The average Bonchev–Trinajstić information content (AvgIpc) is 2.73. The number of aryl methyl sites for hydroxylation is 1. The first-order valence-corrected chi connectivity index (χ1v) is 10.5. The molecule has 128 valence electrons. The molecule has 3 aliphatic carbocycles. The number of hydrogen-bond donors (Lipinski definition) is 2. The van der Waals surface area contributed by atoms with Crippen LogP contribution in [0.3, 0.4) is 0 Å². The molecule has 0 spiro atoms. The second kappa shape index (κ2) is 5.31. The zero-order valence-electron chi connectivity index (χ0n) is 13.8. The first-order valence-electron chi connectivity index (χ1n) is 8.99. The van der Waals surface area contributed by atoms with E-state index >= 15 is 0 Å². The maximum absolute atomic E-state index is 6.53. The molecule has 4 aliphatic rings. The van der Waals surface area contributed by atoms with Crippen LogP contribution in [0.1, 0.15) is 55.7 Å². The Hall–Kier alpha value is -0.390. The first kappa shape index (κ1) is 15.8. The third kappa shape index (κ3) is 1.89. The number of benzene rings is 1. The lowest BCUT2D eigenvalue weighted by molar-refractivity contribution is -0.115. The van der Waals surface area contributed by atoms with Gasteiger partial charge in [-0.3, -0.25) is 5.01 Å². The molecule has 3 atom stereocenters. The standard InChI is InChI=1S/C18H24IN4P/c19-22-16-21-13-3-1-2-11-4-9-18(24,10-14(15(11)13)23(16)20)17-7-5-12(17)6-8-17/h1-3,12,14H,4-10,20,24H2,(H,21,22). The molecule has 0 radical (unpaired) electrons. The van der Waals surface area contributed by atoms with Crippen LogP contribution in [0.25, 0.3) is 0 Å². The summed E-state index contributed by atoms with van der Waals surface area (Å²) in [6, 6.07) is 6.85. The van der Waals surface area contributed by atoms with Crippen LogP contribution in [0.4, 0.5) is 5.69 Å². The Morgan fingerprint density at radius 2 is 2.08 bits per heavy atom. The predicted molar refractivity (Wildman–Crippen MR) is 110 cm³/mol. The molecular weight excluding hydrogens is 430 g/mol. The smallest absolute Gasteiger partial charge is 0.223 e. The highest BCUT2D eigenvalue weighted by molar-refractivity contribution is 14.1. The van der Waals surface area contributed by atoms with Crippen molar-refractivity contribution in [1.29, 1.82) is 0 Å². The van der Waals surface area contributed by atoms with E-state index in [1.807, 2.05) is 27.9 Å². The summed E-state index contributed by atoms with van der Waals surface area (Å²) in [5.74, 6) is 8.27. The number of guanidine groups is 1. The fraction of sp³-hybridized carbons (Fsp3) is 0.611. The zero-order chi connectivity index (χ0) is 16.5. The number of halogens is 1. The van der Waals surface area contributed by atoms with Crippen molar-refractivity contribution < 1.29 is 0 Å². The Morgan fingerprint density at radius 1 is 1.29 bits per heavy atom. The van der Waals surface area contributed by atoms with Crippen molar-refractivity contribution in [2.24, 2.45) is 20.4 Å². The third-order valence-electron chi connectivity index (χ3n) is 7.49. The van der Waals surface area contributed by atoms with Gasteiger partial charge in [-0.1, -0.05) is 12.1 Å². The fourth-order valence-corrected chi connectivity index (χ4v) is 7.16. The molecular formula is C18H24IN4P. The number of nitrogens with two attached hydrogens (primary N) is 1. The molecule has 2 fully saturated rings. The lowest BCUT2D eigenvalue weighted by Crippen LogP contribution is -2.62. The molecule has 1 aliphatic heterocycles. The summed E-state index contributed by atoms with van der Waals surface area (Å²) in [6.45, 7) is 0. The van der Waals surface area contributed by atoms with Crippen LogP contribution in [0.15, 0.2) is 21.4 Å². The van der Waals surface area contributed by atoms with Gasteiger partial charge in [-0.15, -0.1) is 9.24 Å². The SMILES string of the molecule is NN1C(=NI)Nc2cccc3c2C1CC(P)(C12CCC1CC2)CC3. The van der Waals surface area contributed by atoms with Crippen LogP contribution >= 0.6 is 32.1 Å². The van der Waals surface area contributed by atoms with E-state index in [-0.39, 0.29) is 6.04 Å². The van der Waals surface area contributed by atoms with Crippen LogP contribution in [0.5, 0.6) is 0 Å². The van der Waals surface area contributed by atoms with Crippen molar-refractivity contribution in [3.63, 3.8) is 0 Å². The van der Waals surface area contributed by atoms with E-state index in [1.54, 1.807) is 0 Å². The molecule has 2 saturated carbocycles. The maximum atomic E-state index is 6.53. The summed E-state index contributed by atoms with van der Waals surface area (Å²) in [4.78, 5) is 0. The molecule has 0 bridgehead atoms. The quantitative estimate of drug-likeness (QED) is 0.381. The number of anilines is 1. The molecule has 24 heavy (non-hydrogen) atoms. The fourth-order valence-electron chi connectivity index (χ4n) is 5.90. The summed E-state index contributed by atoms with van der Waals surface area (Å²) >= 11 is 2.04. The molecule has 3 N–H and O–H groups in total. The van der Waals surface area contributed by atoms with Gasteiger partial charge >= 0.3 is 0 Å². The predicted octanol–water partition coefficient (Wildman–Crippen LogP) is 4.18. The number of nitrogens with zero attached hydrogens (tertiary/aromatic N) is 2. The minimum Gasteiger partial charge on any atom is -0.324 e. The molecule has 1 heterocycles. The second-order valence-corrected chi connectivity index (χ2v) is 9.71. The molecule has 6 heteroatoms. The van der Waals surface area contributed by atoms with E-state index in [0.717, 1.165) is 24.7 Å². The van der Waals surface area contributed by atoms with Gasteiger partial charge in [0.15, 0.2) is 0 Å². The van der Waals surface area contributed by atoms with Crippen LogP contribution in [-0.2, 0) is 6.42 Å². The Morgan fingerprint density at radius 3 is 2.71 bits per heavy atom. The van der Waals surface area contributed by atoms with Crippen LogP contribution in [0.2, 0.25) is 0 Å². The van der Waals surface area contributed by atoms with Gasteiger partial charge in [-0.25, -0.2) is 5.84 Å². The normalized spacial score (nSPS) is 41.5. The Balaban J connectivity index is 1.61. The van der Waals surface area contributed by atoms with Crippen molar-refractivity contribution in [1.82, 2.24) is 5.01 Å². The number of hydrazine groups is 1. The van der Waals surface area contributed by atoms with Crippen molar-refractivity contribution in [3.8, 4) is 0 Å². The zero-order valence-corrected chi connectivity index (χ0v) is 17.1. The lowest BCUT2D eigenvalue weighted by Gasteiger charge is -2.67. The Kier molecular flexibility index (Phi) is 3.50. The number of fused-ring (bicyclic) bond motifs is 1. The maximum Gasteiger partial charge on any atom is 0.223 e. The van der Waals surface area contributed by atoms with Crippen LogP contribution in [0, 0.1) is 11.3 Å². The number of hydrogen-bond acceptors (Lipinski definition) is 2. The van der Waals surface area contributed by atoms with E-state index < -0.39 is 0 Å². The highest BCUT2D eigenvalue weighted by Gasteiger charge is 2.63. The molecule has 0 saturated heterocycles. The van der Waals surface area contributed by atoms with Gasteiger partial charge in [0.05, 0.1) is 28.9 Å². The van der Waals surface area contributed by atoms with Gasteiger partial charge in [-0.05, 0) is 73.1 Å². The summed E-state index contributed by atoms with van der Waals surface area (Å²) in [7, 11) is 3.32. The van der Waals surface area contributed by atoms with Crippen molar-refractivity contribution in [2.45, 2.75) is 56.1 Å². The molecule has 0 aromatic heterocycles. The van der Waals surface area contributed by atoms with Gasteiger partial charge in [0, 0.05) is 11.3 Å². The van der Waals surface area contributed by atoms with E-state index in [4.69, 9.17) is 5.84 Å². The summed E-state index contributed by atoms with van der Waals surface area (Å²) < 4.78 is 4.35. The second-order valence-electron chi connectivity index (χ2n) is 8.13. The molecule has 5 rings (SSSR count). The van der Waals surface area contributed by atoms with Crippen molar-refractivity contribution >= 4 is 43.8 Å². The van der Waals surface area contributed by atoms with E-state index in [9.17, 15) is 0 Å². The highest BCUT2D eigenvalue weighted by atomic mass is 127. The minimum atomic E-state index is 0.224. The van der Waals surface area contributed by atoms with E-state index in [0.29, 0.717) is 10.6 Å². The number of nitrogens with one attached hydrogen (secondary N) is 1. The van der Waals surface area contributed by atoms with Crippen LogP contribution < -0.4 is 11.2 Å². The Labute approximate surface area is 159 Å². The van der Waals surface area contributed by atoms with E-state index in [2.05, 4.69) is 36.0 Å². The largest absolute Gasteiger partial charge is 0.324 e. The molecule has 1 aromatic carbocycles. The molecule has 1 aromatic rings. The lowest BCUT2D eigenvalue weighted by atomic mass is 9.42. The monoisotopic (exact) mass is 454 g/mol. The minimum absolute atomic E-state index is 0.224. The van der Waals surface area contributed by atoms with Gasteiger partial charge in [0.2, 0.25) is 5.96 Å². The molecule has 3 unspecified atom stereocenters. The number of rotatable bonds is 1. The van der Waals surface area contributed by atoms with Gasteiger partial charge in [-0.2, -0.15) is 3.21 Å². The highest BCUT2D eigenvalue weighted by Crippen LogP contribution is 2.71. The summed E-state index contributed by atoms with van der Waals surface area (Å²) in [5, 5.41) is 5.60. The van der Waals surface area contributed by atoms with E-state index in [1.165, 1.54) is 48.9 Å². The summed E-state index contributed by atoms with van der Waals surface area (Å²) in [6.07, 6.45) is 9.22. The van der Waals surface area contributed by atoms with Gasteiger partial charge < -0.3 is 5.32 Å². The van der Waals surface area contributed by atoms with Crippen molar-refractivity contribution in [2.75, 3.05) is 5.32 Å². The third-order valence-corrected chi connectivity index (χ3v) is 9.04. The topological polar surface area (TPSA) is 53.6 Å². The summed E-state index contributed by atoms with van der Waals surface area (Å²) in [5.41, 5.74) is 4.62. The average molecular weight is 454 g/mol. The van der Waals surface area contributed by atoms with Crippen molar-refractivity contribution in [3.05, 3.63) is 29.3 Å². The first-order chi connectivity index (χ1) is 11.6. The van der Waals surface area contributed by atoms with Gasteiger partial charge in [0.1, 0.15) is 0 Å². The van der Waals surface area contributed by atoms with Crippen LogP contribution in [-0.4, -0.2) is 16.1 Å².